The molecule has 0 radical (unpaired) electrons. The fourth-order valence-electron chi connectivity index (χ4n) is 4.79. The second-order valence-corrected chi connectivity index (χ2v) is 8.36. The molecule has 4 aromatic rings. The molecule has 0 aromatic heterocycles. The number of benzene rings is 4. The summed E-state index contributed by atoms with van der Waals surface area (Å²) in [6, 6.07) is 19.4. The highest BCUT2D eigenvalue weighted by Gasteiger charge is 2.18. The van der Waals surface area contributed by atoms with E-state index in [1.807, 2.05) is 0 Å². The third-order valence-electron chi connectivity index (χ3n) is 6.42. The topological polar surface area (TPSA) is 137 Å². The molecule has 5 N–H and O–H groups in total. The number of nitrogens with one attached hydrogen (secondary N) is 1. The summed E-state index contributed by atoms with van der Waals surface area (Å²) in [5, 5.41) is 32.4. The van der Waals surface area contributed by atoms with Crippen LogP contribution in [0.25, 0.3) is 32.3 Å². The second-order valence-electron chi connectivity index (χ2n) is 8.36. The Morgan fingerprint density at radius 1 is 0.657 bits per heavy atom. The predicted molar refractivity (Wildman–Crippen MR) is 134 cm³/mol. The Balaban J connectivity index is 1.86. The highest BCUT2D eigenvalue weighted by atomic mass is 16.3. The van der Waals surface area contributed by atoms with Crippen molar-refractivity contribution in [2.75, 3.05) is 5.73 Å². The van der Waals surface area contributed by atoms with Gasteiger partial charge in [-0.05, 0) is 24.3 Å². The van der Waals surface area contributed by atoms with Gasteiger partial charge in [0.1, 0.15) is 11.5 Å². The molecule has 35 heavy (non-hydrogen) atoms. The Hall–Kier alpha value is -5.04. The number of nitrogen functional groups attached to an aromatic ring is 1. The van der Waals surface area contributed by atoms with Crippen LogP contribution in [0.15, 0.2) is 87.4 Å². The lowest BCUT2D eigenvalue weighted by molar-refractivity contribution is 0.478. The van der Waals surface area contributed by atoms with Gasteiger partial charge in [-0.15, -0.1) is 0 Å². The smallest absolute Gasteiger partial charge is 0.196 e. The van der Waals surface area contributed by atoms with Gasteiger partial charge in [0.15, 0.2) is 10.9 Å². The van der Waals surface area contributed by atoms with Crippen LogP contribution >= 0.6 is 0 Å². The molecule has 7 nitrogen and oxygen atoms in total. The lowest BCUT2D eigenvalue weighted by atomic mass is 9.98. The Morgan fingerprint density at radius 2 is 1.20 bits per heavy atom. The van der Waals surface area contributed by atoms with Gasteiger partial charge in [-0.3, -0.25) is 9.59 Å². The number of phenols is 2. The third kappa shape index (κ3) is 2.78. The first-order chi connectivity index (χ1) is 16.9. The summed E-state index contributed by atoms with van der Waals surface area (Å²) in [6.45, 7) is 0. The first-order valence-corrected chi connectivity index (χ1v) is 10.8. The number of nitrogens with zero attached hydrogens (tertiary/aromatic N) is 1. The average molecular weight is 459 g/mol. The van der Waals surface area contributed by atoms with E-state index < -0.39 is 10.9 Å². The zero-order valence-corrected chi connectivity index (χ0v) is 18.2. The van der Waals surface area contributed by atoms with E-state index in [-0.39, 0.29) is 65.6 Å². The van der Waals surface area contributed by atoms with Crippen LogP contribution in [0.1, 0.15) is 0 Å². The van der Waals surface area contributed by atoms with Gasteiger partial charge in [-0.1, -0.05) is 48.5 Å². The summed E-state index contributed by atoms with van der Waals surface area (Å²) in [4.78, 5) is 31.3. The molecule has 2 aliphatic rings. The van der Waals surface area contributed by atoms with Crippen molar-refractivity contribution < 1.29 is 10.2 Å². The molecule has 0 saturated carbocycles. The zero-order chi connectivity index (χ0) is 24.4. The first kappa shape index (κ1) is 20.6. The van der Waals surface area contributed by atoms with Crippen LogP contribution in [-0.2, 0) is 0 Å². The standard InChI is InChI=1S/C28H17N3O4/c29-17-9-11-19(23-21(17)25(32)13-5-1-3-7-15(13)27(23)34)31-20-12-10-18(30)22-24(20)28(35)16-8-4-2-6-14(16)26(22)33/h1-12,29,33,35H,30H2. The summed E-state index contributed by atoms with van der Waals surface area (Å²) in [7, 11) is 0. The summed E-state index contributed by atoms with van der Waals surface area (Å²) in [5.74, 6) is -0.204. The van der Waals surface area contributed by atoms with Crippen LogP contribution in [0.4, 0.5) is 11.4 Å². The normalized spacial score (nSPS) is 12.3. The maximum Gasteiger partial charge on any atom is 0.196 e. The summed E-state index contributed by atoms with van der Waals surface area (Å²) in [5.41, 5.74) is 5.86. The summed E-state index contributed by atoms with van der Waals surface area (Å²) in [6.07, 6.45) is 0. The minimum absolute atomic E-state index is 0.00720. The number of hydrogen-bond donors (Lipinski definition) is 4. The van der Waals surface area contributed by atoms with Gasteiger partial charge in [-0.25, -0.2) is 4.99 Å². The van der Waals surface area contributed by atoms with E-state index in [1.165, 1.54) is 12.1 Å². The van der Waals surface area contributed by atoms with Crippen molar-refractivity contribution in [1.29, 1.82) is 5.41 Å². The van der Waals surface area contributed by atoms with Crippen LogP contribution in [-0.4, -0.2) is 10.2 Å². The predicted octanol–water partition coefficient (Wildman–Crippen LogP) is 3.17. The quantitative estimate of drug-likeness (QED) is 0.170. The van der Waals surface area contributed by atoms with Crippen LogP contribution in [0.5, 0.6) is 11.5 Å². The number of nitrogens with two attached hydrogens (primary N) is 1. The molecule has 0 bridgehead atoms. The maximum atomic E-state index is 13.4. The van der Waals surface area contributed by atoms with E-state index in [1.54, 1.807) is 60.7 Å². The van der Waals surface area contributed by atoms with E-state index in [4.69, 9.17) is 11.1 Å². The van der Waals surface area contributed by atoms with E-state index in [9.17, 15) is 19.8 Å². The lowest BCUT2D eigenvalue weighted by Crippen LogP contribution is -2.28. The molecule has 168 valence electrons. The van der Waals surface area contributed by atoms with Gasteiger partial charge in [0.2, 0.25) is 0 Å². The van der Waals surface area contributed by atoms with Crippen LogP contribution in [0.3, 0.4) is 0 Å². The Kier molecular flexibility index (Phi) is 4.25. The molecule has 0 heterocycles. The molecule has 0 amide bonds. The fraction of sp³-hybridized carbons (Fsp3) is 0. The van der Waals surface area contributed by atoms with E-state index in [2.05, 4.69) is 4.99 Å². The highest BCUT2D eigenvalue weighted by Crippen LogP contribution is 2.47. The van der Waals surface area contributed by atoms with Gasteiger partial charge in [0.25, 0.3) is 0 Å². The van der Waals surface area contributed by atoms with Gasteiger partial charge < -0.3 is 21.4 Å². The average Bonchev–Trinajstić information content (AvgIpc) is 2.87. The monoisotopic (exact) mass is 459 g/mol. The number of phenolic OH excluding ortho intramolecular Hbond substituents is 2. The molecule has 0 unspecified atom stereocenters. The molecule has 2 aliphatic carbocycles. The minimum Gasteiger partial charge on any atom is -0.507 e. The molecule has 0 saturated heterocycles. The third-order valence-corrected chi connectivity index (χ3v) is 6.42. The van der Waals surface area contributed by atoms with Gasteiger partial charge in [-0.2, -0.15) is 0 Å². The molecular weight excluding hydrogens is 442 g/mol. The van der Waals surface area contributed by atoms with Crippen molar-refractivity contribution in [3.05, 3.63) is 114 Å². The van der Waals surface area contributed by atoms with E-state index >= 15 is 0 Å². The van der Waals surface area contributed by atoms with Gasteiger partial charge in [0, 0.05) is 27.2 Å². The summed E-state index contributed by atoms with van der Waals surface area (Å²) >= 11 is 0. The molecule has 4 aromatic carbocycles. The van der Waals surface area contributed by atoms with Crippen molar-refractivity contribution in [3.63, 3.8) is 0 Å². The summed E-state index contributed by atoms with van der Waals surface area (Å²) < 4.78 is 0. The van der Waals surface area contributed by atoms with Crippen LogP contribution in [0.2, 0.25) is 0 Å². The van der Waals surface area contributed by atoms with Crippen molar-refractivity contribution in [2.24, 2.45) is 4.99 Å². The number of aromatic hydroxyl groups is 2. The molecule has 6 rings (SSSR count). The SMILES string of the molecule is N=c1ccc(=Nc2ccc(N)c3c(O)c4ccccc4c(O)c23)c2c(=O)c3ccccc3c(=O)c1=2. The van der Waals surface area contributed by atoms with Gasteiger partial charge >= 0.3 is 0 Å². The van der Waals surface area contributed by atoms with E-state index in [0.29, 0.717) is 10.8 Å². The largest absolute Gasteiger partial charge is 0.507 e. The van der Waals surface area contributed by atoms with Gasteiger partial charge in [0.05, 0.1) is 37.6 Å². The number of fused-ring (bicyclic) bond motifs is 3. The van der Waals surface area contributed by atoms with E-state index in [0.717, 1.165) is 0 Å². The molecule has 7 heteroatoms. The van der Waals surface area contributed by atoms with Crippen molar-refractivity contribution in [2.45, 2.75) is 0 Å². The zero-order valence-electron chi connectivity index (χ0n) is 18.2. The van der Waals surface area contributed by atoms with Crippen LogP contribution in [0, 0.1) is 15.8 Å². The molecular formula is C28H17N3O4. The Bertz CT molecular complexity index is 2160. The highest BCUT2D eigenvalue weighted by molar-refractivity contribution is 6.17. The number of anilines is 1. The number of rotatable bonds is 1. The van der Waals surface area contributed by atoms with Crippen molar-refractivity contribution in [3.8, 4) is 11.5 Å². The Labute approximate surface area is 196 Å². The number of hydrogen-bond acceptors (Lipinski definition) is 7. The van der Waals surface area contributed by atoms with Crippen LogP contribution < -0.4 is 27.3 Å². The van der Waals surface area contributed by atoms with Crippen molar-refractivity contribution in [1.82, 2.24) is 0 Å². The maximum absolute atomic E-state index is 13.4. The van der Waals surface area contributed by atoms with Crippen molar-refractivity contribution >= 4 is 43.7 Å². The first-order valence-electron chi connectivity index (χ1n) is 10.8. The molecule has 0 aliphatic heterocycles. The molecule has 0 spiro atoms. The lowest BCUT2D eigenvalue weighted by Gasteiger charge is -2.13. The second kappa shape index (κ2) is 7.23. The fourth-order valence-corrected chi connectivity index (χ4v) is 4.79. The Morgan fingerprint density at radius 3 is 1.83 bits per heavy atom. The molecule has 0 atom stereocenters. The minimum atomic E-state index is -0.411. The molecule has 0 fully saturated rings.